The molecule has 0 N–H and O–H groups in total. The van der Waals surface area contributed by atoms with E-state index in [2.05, 4.69) is 14.7 Å². The number of ether oxygens (including phenoxy) is 1. The number of nitrogens with zero attached hydrogens (tertiary/aromatic N) is 3. The van der Waals surface area contributed by atoms with Gasteiger partial charge in [-0.25, -0.2) is 14.1 Å². The van der Waals surface area contributed by atoms with E-state index in [4.69, 9.17) is 16.3 Å². The normalized spacial score (nSPS) is 16.1. The van der Waals surface area contributed by atoms with E-state index in [0.717, 1.165) is 24.4 Å². The van der Waals surface area contributed by atoms with E-state index in [1.807, 2.05) is 6.07 Å². The summed E-state index contributed by atoms with van der Waals surface area (Å²) in [7, 11) is 0. The Labute approximate surface area is 122 Å². The number of aromatic nitrogens is 2. The monoisotopic (exact) mass is 297 g/mol. The Morgan fingerprint density at radius 1 is 1.35 bits per heavy atom. The molecule has 6 heteroatoms. The summed E-state index contributed by atoms with van der Waals surface area (Å²) in [6.07, 6.45) is 0.661. The SMILES string of the molecule is Cc1cc2c(cc1F)nc(CCCl)n2N1CCOCC1. The van der Waals surface area contributed by atoms with Gasteiger partial charge in [-0.1, -0.05) is 0 Å². The van der Waals surface area contributed by atoms with E-state index < -0.39 is 0 Å². The second-order valence-corrected chi connectivity index (χ2v) is 5.31. The van der Waals surface area contributed by atoms with Crippen molar-refractivity contribution in [2.45, 2.75) is 13.3 Å². The van der Waals surface area contributed by atoms with Crippen LogP contribution in [0.4, 0.5) is 4.39 Å². The molecule has 1 aromatic heterocycles. The molecule has 0 bridgehead atoms. The van der Waals surface area contributed by atoms with Crippen LogP contribution >= 0.6 is 11.6 Å². The fraction of sp³-hybridized carbons (Fsp3) is 0.500. The number of imidazole rings is 1. The summed E-state index contributed by atoms with van der Waals surface area (Å²) in [5.74, 6) is 1.15. The number of rotatable bonds is 3. The van der Waals surface area contributed by atoms with Crippen LogP contribution in [0, 0.1) is 12.7 Å². The summed E-state index contributed by atoms with van der Waals surface area (Å²) in [4.78, 5) is 4.54. The van der Waals surface area contributed by atoms with Crippen LogP contribution in [0.1, 0.15) is 11.4 Å². The van der Waals surface area contributed by atoms with Crippen molar-refractivity contribution in [1.29, 1.82) is 0 Å². The first kappa shape index (κ1) is 13.6. The number of morpholine rings is 1. The Kier molecular flexibility index (Phi) is 3.81. The minimum Gasteiger partial charge on any atom is -0.378 e. The molecule has 1 aliphatic rings. The van der Waals surface area contributed by atoms with Crippen molar-refractivity contribution < 1.29 is 9.13 Å². The Bertz CT molecular complexity index is 622. The van der Waals surface area contributed by atoms with Crippen molar-refractivity contribution in [2.24, 2.45) is 0 Å². The first-order valence-electron chi connectivity index (χ1n) is 6.77. The van der Waals surface area contributed by atoms with Crippen LogP contribution in [0.25, 0.3) is 11.0 Å². The van der Waals surface area contributed by atoms with Crippen molar-refractivity contribution >= 4 is 22.6 Å². The van der Waals surface area contributed by atoms with Gasteiger partial charge in [-0.15, -0.1) is 11.6 Å². The van der Waals surface area contributed by atoms with Gasteiger partial charge in [0.05, 0.1) is 37.3 Å². The largest absolute Gasteiger partial charge is 0.378 e. The lowest BCUT2D eigenvalue weighted by atomic mass is 10.2. The second kappa shape index (κ2) is 5.58. The summed E-state index contributed by atoms with van der Waals surface area (Å²) in [5, 5.41) is 2.19. The fourth-order valence-corrected chi connectivity index (χ4v) is 2.73. The molecular formula is C14H17ClFN3O. The van der Waals surface area contributed by atoms with E-state index in [-0.39, 0.29) is 5.82 Å². The van der Waals surface area contributed by atoms with Crippen LogP contribution in [0.2, 0.25) is 0 Å². The highest BCUT2D eigenvalue weighted by atomic mass is 35.5. The van der Waals surface area contributed by atoms with Gasteiger partial charge in [0, 0.05) is 18.4 Å². The van der Waals surface area contributed by atoms with Gasteiger partial charge >= 0.3 is 0 Å². The molecular weight excluding hydrogens is 281 g/mol. The van der Waals surface area contributed by atoms with E-state index in [1.54, 1.807) is 6.92 Å². The third kappa shape index (κ3) is 2.36. The molecule has 2 heterocycles. The van der Waals surface area contributed by atoms with Gasteiger partial charge in [-0.3, -0.25) is 0 Å². The third-order valence-corrected chi connectivity index (χ3v) is 3.76. The summed E-state index contributed by atoms with van der Waals surface area (Å²) < 4.78 is 21.2. The molecule has 20 heavy (non-hydrogen) atoms. The van der Waals surface area contributed by atoms with Gasteiger partial charge in [0.15, 0.2) is 0 Å². The van der Waals surface area contributed by atoms with Crippen LogP contribution in [0.3, 0.4) is 0 Å². The Morgan fingerprint density at radius 3 is 2.80 bits per heavy atom. The quantitative estimate of drug-likeness (QED) is 0.814. The summed E-state index contributed by atoms with van der Waals surface area (Å²) in [6.45, 7) is 4.77. The van der Waals surface area contributed by atoms with Crippen molar-refractivity contribution in [2.75, 3.05) is 37.2 Å². The van der Waals surface area contributed by atoms with Crippen molar-refractivity contribution in [3.8, 4) is 0 Å². The number of hydrogen-bond acceptors (Lipinski definition) is 3. The van der Waals surface area contributed by atoms with Crippen molar-refractivity contribution in [3.05, 3.63) is 29.3 Å². The van der Waals surface area contributed by atoms with Gasteiger partial charge in [-0.05, 0) is 18.6 Å². The highest BCUT2D eigenvalue weighted by molar-refractivity contribution is 6.17. The number of benzene rings is 1. The molecule has 1 aromatic carbocycles. The molecule has 0 amide bonds. The molecule has 1 saturated heterocycles. The molecule has 1 fully saturated rings. The maximum absolute atomic E-state index is 13.7. The summed E-state index contributed by atoms with van der Waals surface area (Å²) in [5.41, 5.74) is 2.25. The molecule has 0 saturated carbocycles. The minimum absolute atomic E-state index is 0.221. The zero-order valence-electron chi connectivity index (χ0n) is 11.4. The molecule has 0 spiro atoms. The van der Waals surface area contributed by atoms with E-state index in [0.29, 0.717) is 36.6 Å². The van der Waals surface area contributed by atoms with Crippen LogP contribution < -0.4 is 5.01 Å². The van der Waals surface area contributed by atoms with Crippen LogP contribution in [-0.2, 0) is 11.2 Å². The van der Waals surface area contributed by atoms with Crippen LogP contribution in [0.15, 0.2) is 12.1 Å². The molecule has 2 aromatic rings. The Morgan fingerprint density at radius 2 is 2.10 bits per heavy atom. The molecule has 1 aliphatic heterocycles. The average molecular weight is 298 g/mol. The highest BCUT2D eigenvalue weighted by Crippen LogP contribution is 2.22. The molecule has 0 aliphatic carbocycles. The zero-order chi connectivity index (χ0) is 14.1. The lowest BCUT2D eigenvalue weighted by molar-refractivity contribution is 0.111. The van der Waals surface area contributed by atoms with E-state index >= 15 is 0 Å². The number of fused-ring (bicyclic) bond motifs is 1. The topological polar surface area (TPSA) is 30.3 Å². The van der Waals surface area contributed by atoms with Gasteiger partial charge in [0.1, 0.15) is 11.6 Å². The number of aryl methyl sites for hydroxylation is 2. The molecule has 108 valence electrons. The van der Waals surface area contributed by atoms with Gasteiger partial charge in [-0.2, -0.15) is 0 Å². The predicted octanol–water partition coefficient (Wildman–Crippen LogP) is 2.23. The molecule has 0 unspecified atom stereocenters. The van der Waals surface area contributed by atoms with Gasteiger partial charge < -0.3 is 9.75 Å². The average Bonchev–Trinajstić information content (AvgIpc) is 2.78. The zero-order valence-corrected chi connectivity index (χ0v) is 12.2. The van der Waals surface area contributed by atoms with Crippen molar-refractivity contribution in [1.82, 2.24) is 9.66 Å². The fourth-order valence-electron chi connectivity index (χ4n) is 2.56. The molecule has 0 atom stereocenters. The lowest BCUT2D eigenvalue weighted by Gasteiger charge is -2.31. The maximum Gasteiger partial charge on any atom is 0.130 e. The minimum atomic E-state index is -0.221. The smallest absolute Gasteiger partial charge is 0.130 e. The highest BCUT2D eigenvalue weighted by Gasteiger charge is 2.19. The molecule has 4 nitrogen and oxygen atoms in total. The maximum atomic E-state index is 13.7. The van der Waals surface area contributed by atoms with Gasteiger partial charge in [0.2, 0.25) is 0 Å². The molecule has 3 rings (SSSR count). The Hall–Kier alpha value is -1.33. The van der Waals surface area contributed by atoms with E-state index in [1.165, 1.54) is 6.07 Å². The van der Waals surface area contributed by atoms with Crippen molar-refractivity contribution in [3.63, 3.8) is 0 Å². The first-order chi connectivity index (χ1) is 9.70. The number of halogens is 2. The number of alkyl halides is 1. The van der Waals surface area contributed by atoms with Crippen LogP contribution in [0.5, 0.6) is 0 Å². The summed E-state index contributed by atoms with van der Waals surface area (Å²) in [6, 6.07) is 3.35. The number of hydrogen-bond donors (Lipinski definition) is 0. The lowest BCUT2D eigenvalue weighted by Crippen LogP contribution is -2.44. The Balaban J connectivity index is 2.14. The summed E-state index contributed by atoms with van der Waals surface area (Å²) >= 11 is 5.87. The third-order valence-electron chi connectivity index (χ3n) is 3.57. The van der Waals surface area contributed by atoms with Crippen LogP contribution in [-0.4, -0.2) is 41.8 Å². The predicted molar refractivity (Wildman–Crippen MR) is 77.6 cm³/mol. The van der Waals surface area contributed by atoms with Gasteiger partial charge in [0.25, 0.3) is 0 Å². The molecule has 0 radical (unpaired) electrons. The van der Waals surface area contributed by atoms with E-state index in [9.17, 15) is 4.39 Å². The second-order valence-electron chi connectivity index (χ2n) is 4.93. The standard InChI is InChI=1S/C14H17ClFN3O/c1-10-8-13-12(9-11(10)16)17-14(2-3-15)19(13)18-4-6-20-7-5-18/h8-9H,2-7H2,1H3. The first-order valence-corrected chi connectivity index (χ1v) is 7.30.